The Labute approximate surface area is 131 Å². The topological polar surface area (TPSA) is 49.3 Å². The minimum absolute atomic E-state index is 0.690. The van der Waals surface area contributed by atoms with Crippen LogP contribution in [0.2, 0.25) is 4.34 Å². The van der Waals surface area contributed by atoms with Gasteiger partial charge in [-0.2, -0.15) is 0 Å². The molecule has 0 spiro atoms. The van der Waals surface area contributed by atoms with Crippen LogP contribution in [-0.4, -0.2) is 18.0 Å². The Morgan fingerprint density at radius 1 is 1.25 bits per heavy atom. The number of hydrogen-bond acceptors (Lipinski definition) is 4. The molecule has 4 nitrogen and oxygen atoms in total. The highest BCUT2D eigenvalue weighted by Gasteiger charge is 2.03. The van der Waals surface area contributed by atoms with Crippen molar-refractivity contribution in [2.24, 2.45) is 4.99 Å². The van der Waals surface area contributed by atoms with Gasteiger partial charge in [-0.1, -0.05) is 18.5 Å². The zero-order valence-electron chi connectivity index (χ0n) is 11.4. The molecule has 108 valence electrons. The number of halogens is 1. The first-order valence-electron chi connectivity index (χ1n) is 6.33. The number of thiazole rings is 1. The molecule has 0 bridgehead atoms. The van der Waals surface area contributed by atoms with E-state index in [0.29, 0.717) is 6.54 Å². The molecule has 2 heterocycles. The first-order chi connectivity index (χ1) is 9.71. The van der Waals surface area contributed by atoms with Crippen LogP contribution in [0.15, 0.2) is 23.3 Å². The van der Waals surface area contributed by atoms with Crippen LogP contribution < -0.4 is 10.6 Å². The Balaban J connectivity index is 1.80. The number of guanidine groups is 1. The Morgan fingerprint density at radius 2 is 2.05 bits per heavy atom. The summed E-state index contributed by atoms with van der Waals surface area (Å²) in [7, 11) is 1.76. The van der Waals surface area contributed by atoms with Gasteiger partial charge in [0.15, 0.2) is 5.96 Å². The second-order valence-corrected chi connectivity index (χ2v) is 7.06. The molecule has 7 heteroatoms. The van der Waals surface area contributed by atoms with E-state index in [4.69, 9.17) is 11.6 Å². The van der Waals surface area contributed by atoms with Gasteiger partial charge in [-0.25, -0.2) is 4.98 Å². The first-order valence-corrected chi connectivity index (χ1v) is 8.34. The fourth-order valence-electron chi connectivity index (χ4n) is 1.59. The number of thiophene rings is 1. The van der Waals surface area contributed by atoms with Crippen LogP contribution in [0.25, 0.3) is 0 Å². The van der Waals surface area contributed by atoms with Gasteiger partial charge in [-0.15, -0.1) is 22.7 Å². The standard InChI is InChI=1S/C13H17ClN4S2/c1-3-9-6-16-12(20-9)8-18-13(15-2)17-7-10-4-5-11(14)19-10/h4-6H,3,7-8H2,1-2H3,(H2,15,17,18). The maximum atomic E-state index is 5.90. The maximum Gasteiger partial charge on any atom is 0.191 e. The average Bonchev–Trinajstić information content (AvgIpc) is 3.08. The second-order valence-electron chi connectivity index (χ2n) is 4.06. The van der Waals surface area contributed by atoms with Crippen LogP contribution in [0.1, 0.15) is 21.7 Å². The van der Waals surface area contributed by atoms with Crippen LogP contribution in [0.3, 0.4) is 0 Å². The predicted molar refractivity (Wildman–Crippen MR) is 87.9 cm³/mol. The van der Waals surface area contributed by atoms with E-state index in [0.717, 1.165) is 28.3 Å². The molecule has 0 saturated carbocycles. The Morgan fingerprint density at radius 3 is 2.65 bits per heavy atom. The lowest BCUT2D eigenvalue weighted by Crippen LogP contribution is -2.36. The summed E-state index contributed by atoms with van der Waals surface area (Å²) >= 11 is 9.21. The molecule has 0 atom stereocenters. The minimum atomic E-state index is 0.690. The van der Waals surface area contributed by atoms with Gasteiger partial charge in [0.1, 0.15) is 5.01 Å². The summed E-state index contributed by atoms with van der Waals surface area (Å²) in [5.74, 6) is 0.766. The van der Waals surface area contributed by atoms with Crippen molar-refractivity contribution in [3.63, 3.8) is 0 Å². The summed E-state index contributed by atoms with van der Waals surface area (Å²) in [4.78, 5) is 11.1. The molecular formula is C13H17ClN4S2. The van der Waals surface area contributed by atoms with E-state index in [9.17, 15) is 0 Å². The SMILES string of the molecule is CCc1cnc(CNC(=NC)NCc2ccc(Cl)s2)s1. The first kappa shape index (κ1) is 15.3. The van der Waals surface area contributed by atoms with Gasteiger partial charge in [0.25, 0.3) is 0 Å². The zero-order valence-corrected chi connectivity index (χ0v) is 13.8. The van der Waals surface area contributed by atoms with Crippen molar-refractivity contribution >= 4 is 40.2 Å². The molecule has 0 unspecified atom stereocenters. The summed E-state index contributed by atoms with van der Waals surface area (Å²) in [6.07, 6.45) is 2.97. The molecule has 0 radical (unpaired) electrons. The summed E-state index contributed by atoms with van der Waals surface area (Å²) in [5.41, 5.74) is 0. The molecular weight excluding hydrogens is 312 g/mol. The Hall–Kier alpha value is -1.11. The number of aryl methyl sites for hydroxylation is 1. The van der Waals surface area contributed by atoms with Crippen molar-refractivity contribution in [2.45, 2.75) is 26.4 Å². The number of nitrogens with zero attached hydrogens (tertiary/aromatic N) is 2. The molecule has 2 rings (SSSR count). The van der Waals surface area contributed by atoms with E-state index in [1.54, 1.807) is 29.7 Å². The molecule has 0 aliphatic carbocycles. The minimum Gasteiger partial charge on any atom is -0.352 e. The summed E-state index contributed by atoms with van der Waals surface area (Å²) in [5, 5.41) is 7.59. The lowest BCUT2D eigenvalue weighted by Gasteiger charge is -2.09. The molecule has 2 N–H and O–H groups in total. The number of hydrogen-bond donors (Lipinski definition) is 2. The van der Waals surface area contributed by atoms with E-state index in [1.165, 1.54) is 9.75 Å². The normalized spacial score (nSPS) is 11.7. The molecule has 0 aromatic carbocycles. The third-order valence-corrected chi connectivity index (χ3v) is 5.01. The van der Waals surface area contributed by atoms with Gasteiger partial charge < -0.3 is 10.6 Å². The highest BCUT2D eigenvalue weighted by Crippen LogP contribution is 2.20. The van der Waals surface area contributed by atoms with Gasteiger partial charge >= 0.3 is 0 Å². The van der Waals surface area contributed by atoms with Crippen molar-refractivity contribution in [3.05, 3.63) is 37.4 Å². The van der Waals surface area contributed by atoms with Crippen molar-refractivity contribution in [3.8, 4) is 0 Å². The molecule has 0 aliphatic heterocycles. The quantitative estimate of drug-likeness (QED) is 0.654. The summed E-state index contributed by atoms with van der Waals surface area (Å²) in [6, 6.07) is 3.92. The smallest absolute Gasteiger partial charge is 0.191 e. The van der Waals surface area contributed by atoms with Crippen molar-refractivity contribution < 1.29 is 0 Å². The molecule has 2 aromatic rings. The lowest BCUT2D eigenvalue weighted by atomic mass is 10.4. The van der Waals surface area contributed by atoms with Crippen LogP contribution >= 0.6 is 34.3 Å². The zero-order chi connectivity index (χ0) is 14.4. The Kier molecular flexibility index (Phi) is 5.82. The van der Waals surface area contributed by atoms with E-state index < -0.39 is 0 Å². The fraction of sp³-hybridized carbons (Fsp3) is 0.385. The number of aromatic nitrogens is 1. The third kappa shape index (κ3) is 4.47. The van der Waals surface area contributed by atoms with E-state index in [1.807, 2.05) is 18.3 Å². The van der Waals surface area contributed by atoms with Gasteiger partial charge in [0.05, 0.1) is 17.4 Å². The molecule has 0 aliphatic rings. The summed E-state index contributed by atoms with van der Waals surface area (Å²) in [6.45, 7) is 3.54. The molecule has 0 fully saturated rings. The van der Waals surface area contributed by atoms with Gasteiger partial charge in [-0.05, 0) is 18.6 Å². The average molecular weight is 329 g/mol. The third-order valence-electron chi connectivity index (χ3n) is 2.64. The largest absolute Gasteiger partial charge is 0.352 e. The highest BCUT2D eigenvalue weighted by molar-refractivity contribution is 7.16. The van der Waals surface area contributed by atoms with E-state index >= 15 is 0 Å². The number of rotatable bonds is 5. The monoisotopic (exact) mass is 328 g/mol. The lowest BCUT2D eigenvalue weighted by molar-refractivity contribution is 0.811. The van der Waals surface area contributed by atoms with E-state index in [2.05, 4.69) is 27.5 Å². The predicted octanol–water partition coefficient (Wildman–Crippen LogP) is 3.29. The molecule has 0 amide bonds. The van der Waals surface area contributed by atoms with Crippen molar-refractivity contribution in [1.29, 1.82) is 0 Å². The van der Waals surface area contributed by atoms with Crippen molar-refractivity contribution in [1.82, 2.24) is 15.6 Å². The number of aliphatic imine (C=N–C) groups is 1. The molecule has 0 saturated heterocycles. The van der Waals surface area contributed by atoms with E-state index in [-0.39, 0.29) is 0 Å². The molecule has 20 heavy (non-hydrogen) atoms. The second kappa shape index (κ2) is 7.61. The van der Waals surface area contributed by atoms with Gasteiger partial charge in [0, 0.05) is 23.0 Å². The summed E-state index contributed by atoms with van der Waals surface area (Å²) < 4.78 is 0.805. The Bertz CT molecular complexity index is 576. The van der Waals surface area contributed by atoms with Crippen molar-refractivity contribution in [2.75, 3.05) is 7.05 Å². The van der Waals surface area contributed by atoms with Crippen LogP contribution in [0.4, 0.5) is 0 Å². The molecule has 2 aromatic heterocycles. The maximum absolute atomic E-state index is 5.90. The highest BCUT2D eigenvalue weighted by atomic mass is 35.5. The van der Waals surface area contributed by atoms with Crippen LogP contribution in [0.5, 0.6) is 0 Å². The van der Waals surface area contributed by atoms with Gasteiger partial charge in [-0.3, -0.25) is 4.99 Å². The fourth-order valence-corrected chi connectivity index (χ4v) is 3.42. The van der Waals surface area contributed by atoms with Gasteiger partial charge in [0.2, 0.25) is 0 Å². The number of nitrogens with one attached hydrogen (secondary N) is 2. The van der Waals surface area contributed by atoms with Crippen LogP contribution in [0, 0.1) is 0 Å². The van der Waals surface area contributed by atoms with Crippen LogP contribution in [-0.2, 0) is 19.5 Å².